The molecule has 0 saturated carbocycles. The van der Waals surface area contributed by atoms with E-state index in [4.69, 9.17) is 5.11 Å². The summed E-state index contributed by atoms with van der Waals surface area (Å²) in [6.07, 6.45) is 1.95. The van der Waals surface area contributed by atoms with E-state index in [1.165, 1.54) is 0 Å². The fourth-order valence-corrected chi connectivity index (χ4v) is 1.75. The zero-order valence-corrected chi connectivity index (χ0v) is 8.74. The summed E-state index contributed by atoms with van der Waals surface area (Å²) >= 11 is 0. The predicted octanol–water partition coefficient (Wildman–Crippen LogP) is 2.99. The summed E-state index contributed by atoms with van der Waals surface area (Å²) in [6, 6.07) is 5.15. The van der Waals surface area contributed by atoms with Gasteiger partial charge in [0.2, 0.25) is 0 Å². The zero-order valence-electron chi connectivity index (χ0n) is 8.74. The molecule has 0 aliphatic heterocycles. The Balaban J connectivity index is 2.66. The van der Waals surface area contributed by atoms with Crippen LogP contribution in [0.25, 0.3) is 10.9 Å². The first kappa shape index (κ1) is 9.77. The van der Waals surface area contributed by atoms with E-state index in [0.717, 1.165) is 16.5 Å². The molecule has 1 heterocycles. The molecule has 2 rings (SSSR count). The molecule has 1 aromatic carbocycles. The van der Waals surface area contributed by atoms with Gasteiger partial charge < -0.3 is 10.1 Å². The van der Waals surface area contributed by atoms with Crippen LogP contribution in [0.2, 0.25) is 0 Å². The average Bonchev–Trinajstić information content (AvgIpc) is 2.59. The van der Waals surface area contributed by atoms with Gasteiger partial charge in [-0.1, -0.05) is 13.8 Å². The summed E-state index contributed by atoms with van der Waals surface area (Å²) in [5.74, 6) is -0.490. The maximum absolute atomic E-state index is 10.8. The van der Waals surface area contributed by atoms with Gasteiger partial charge in [0.05, 0.1) is 5.56 Å². The quantitative estimate of drug-likeness (QED) is 0.788. The molecule has 2 N–H and O–H groups in total. The Kier molecular flexibility index (Phi) is 2.23. The Morgan fingerprint density at radius 1 is 1.40 bits per heavy atom. The van der Waals surface area contributed by atoms with E-state index < -0.39 is 5.97 Å². The van der Waals surface area contributed by atoms with Gasteiger partial charge in [0.25, 0.3) is 0 Å². The van der Waals surface area contributed by atoms with Gasteiger partial charge in [-0.15, -0.1) is 0 Å². The Labute approximate surface area is 87.7 Å². The fourth-order valence-electron chi connectivity index (χ4n) is 1.75. The maximum atomic E-state index is 10.8. The van der Waals surface area contributed by atoms with Gasteiger partial charge >= 0.3 is 5.97 Å². The third kappa shape index (κ3) is 1.61. The van der Waals surface area contributed by atoms with Gasteiger partial charge in [0, 0.05) is 17.1 Å². The molecule has 78 valence electrons. The second-order valence-electron chi connectivity index (χ2n) is 3.96. The van der Waals surface area contributed by atoms with Crippen molar-refractivity contribution in [2.24, 2.45) is 0 Å². The van der Waals surface area contributed by atoms with Crippen molar-refractivity contribution in [3.05, 3.63) is 35.5 Å². The number of fused-ring (bicyclic) bond motifs is 1. The Hall–Kier alpha value is -1.77. The van der Waals surface area contributed by atoms with Gasteiger partial charge in [-0.2, -0.15) is 0 Å². The standard InChI is InChI=1S/C12H13NO2/c1-7(2)10-6-13-11-4-3-8(12(14)15)5-9(10)11/h3-7,13H,1-2H3,(H,14,15). The minimum atomic E-state index is -0.882. The van der Waals surface area contributed by atoms with Crippen molar-refractivity contribution in [3.63, 3.8) is 0 Å². The average molecular weight is 203 g/mol. The third-order valence-electron chi connectivity index (χ3n) is 2.58. The number of aromatic carboxylic acids is 1. The lowest BCUT2D eigenvalue weighted by molar-refractivity contribution is 0.0697. The van der Waals surface area contributed by atoms with Gasteiger partial charge in [-0.05, 0) is 29.7 Å². The van der Waals surface area contributed by atoms with E-state index in [9.17, 15) is 4.79 Å². The highest BCUT2D eigenvalue weighted by atomic mass is 16.4. The number of rotatable bonds is 2. The van der Waals surface area contributed by atoms with Crippen molar-refractivity contribution in [2.75, 3.05) is 0 Å². The second-order valence-corrected chi connectivity index (χ2v) is 3.96. The highest BCUT2D eigenvalue weighted by Crippen LogP contribution is 2.25. The topological polar surface area (TPSA) is 53.1 Å². The molecule has 0 fully saturated rings. The van der Waals surface area contributed by atoms with Crippen molar-refractivity contribution in [1.29, 1.82) is 0 Å². The smallest absolute Gasteiger partial charge is 0.335 e. The highest BCUT2D eigenvalue weighted by Gasteiger charge is 2.10. The van der Waals surface area contributed by atoms with Crippen LogP contribution in [0.1, 0.15) is 35.7 Å². The first-order chi connectivity index (χ1) is 7.09. The second kappa shape index (κ2) is 3.42. The maximum Gasteiger partial charge on any atom is 0.335 e. The number of aromatic nitrogens is 1. The van der Waals surface area contributed by atoms with Crippen LogP contribution < -0.4 is 0 Å². The minimum Gasteiger partial charge on any atom is -0.478 e. The van der Waals surface area contributed by atoms with E-state index in [1.54, 1.807) is 12.1 Å². The summed E-state index contributed by atoms with van der Waals surface area (Å²) in [5.41, 5.74) is 2.49. The SMILES string of the molecule is CC(C)c1c[nH]c2ccc(C(=O)O)cc12. The van der Waals surface area contributed by atoms with E-state index in [-0.39, 0.29) is 0 Å². The minimum absolute atomic E-state index is 0.337. The van der Waals surface area contributed by atoms with Gasteiger partial charge in [-0.3, -0.25) is 0 Å². The Bertz CT molecular complexity index is 511. The summed E-state index contributed by atoms with van der Waals surface area (Å²) in [7, 11) is 0. The van der Waals surface area contributed by atoms with E-state index in [2.05, 4.69) is 18.8 Å². The number of hydrogen-bond acceptors (Lipinski definition) is 1. The predicted molar refractivity (Wildman–Crippen MR) is 59.3 cm³/mol. The van der Waals surface area contributed by atoms with Gasteiger partial charge in [0.1, 0.15) is 0 Å². The van der Waals surface area contributed by atoms with E-state index in [0.29, 0.717) is 11.5 Å². The zero-order chi connectivity index (χ0) is 11.0. The summed E-state index contributed by atoms with van der Waals surface area (Å²) in [5, 5.41) is 9.91. The Morgan fingerprint density at radius 3 is 2.73 bits per heavy atom. The number of nitrogens with one attached hydrogen (secondary N) is 1. The lowest BCUT2D eigenvalue weighted by Crippen LogP contribution is -1.95. The molecule has 3 nitrogen and oxygen atoms in total. The molecule has 3 heteroatoms. The van der Waals surface area contributed by atoms with E-state index in [1.807, 2.05) is 12.3 Å². The van der Waals surface area contributed by atoms with E-state index >= 15 is 0 Å². The number of H-pyrrole nitrogens is 1. The number of benzene rings is 1. The lowest BCUT2D eigenvalue weighted by Gasteiger charge is -2.02. The third-order valence-corrected chi connectivity index (χ3v) is 2.58. The highest BCUT2D eigenvalue weighted by molar-refractivity contribution is 5.94. The molecule has 1 aromatic heterocycles. The van der Waals surface area contributed by atoms with Crippen LogP contribution >= 0.6 is 0 Å². The largest absolute Gasteiger partial charge is 0.478 e. The molecule has 0 radical (unpaired) electrons. The fraction of sp³-hybridized carbons (Fsp3) is 0.250. The number of carboxylic acid groups (broad SMARTS) is 1. The van der Waals surface area contributed by atoms with Crippen LogP contribution in [0.5, 0.6) is 0 Å². The molecule has 0 unspecified atom stereocenters. The van der Waals surface area contributed by atoms with Crippen LogP contribution in [-0.2, 0) is 0 Å². The number of carbonyl (C=O) groups is 1. The molecule has 0 bridgehead atoms. The number of aromatic amines is 1. The van der Waals surface area contributed by atoms with Crippen molar-refractivity contribution in [3.8, 4) is 0 Å². The van der Waals surface area contributed by atoms with Crippen molar-refractivity contribution in [1.82, 2.24) is 4.98 Å². The molecule has 0 amide bonds. The Morgan fingerprint density at radius 2 is 2.13 bits per heavy atom. The van der Waals surface area contributed by atoms with Crippen molar-refractivity contribution < 1.29 is 9.90 Å². The molecule has 0 aliphatic carbocycles. The lowest BCUT2D eigenvalue weighted by atomic mass is 10.0. The van der Waals surface area contributed by atoms with Crippen LogP contribution in [0.3, 0.4) is 0 Å². The molecular weight excluding hydrogens is 190 g/mol. The number of carboxylic acids is 1. The summed E-state index contributed by atoms with van der Waals surface area (Å²) in [4.78, 5) is 14.0. The molecule has 15 heavy (non-hydrogen) atoms. The van der Waals surface area contributed by atoms with Gasteiger partial charge in [-0.25, -0.2) is 4.79 Å². The molecular formula is C12H13NO2. The first-order valence-corrected chi connectivity index (χ1v) is 4.94. The molecule has 0 aliphatic rings. The monoisotopic (exact) mass is 203 g/mol. The first-order valence-electron chi connectivity index (χ1n) is 4.94. The number of hydrogen-bond donors (Lipinski definition) is 2. The van der Waals surface area contributed by atoms with Gasteiger partial charge in [0.15, 0.2) is 0 Å². The van der Waals surface area contributed by atoms with Crippen LogP contribution in [-0.4, -0.2) is 16.1 Å². The van der Waals surface area contributed by atoms with Crippen LogP contribution in [0, 0.1) is 0 Å². The molecule has 2 aromatic rings. The summed E-state index contributed by atoms with van der Waals surface area (Å²) in [6.45, 7) is 4.19. The summed E-state index contributed by atoms with van der Waals surface area (Å²) < 4.78 is 0. The molecule has 0 atom stereocenters. The van der Waals surface area contributed by atoms with Crippen LogP contribution in [0.4, 0.5) is 0 Å². The molecule has 0 saturated heterocycles. The molecule has 0 spiro atoms. The normalized spacial score (nSPS) is 11.1. The van der Waals surface area contributed by atoms with Crippen molar-refractivity contribution in [2.45, 2.75) is 19.8 Å². The van der Waals surface area contributed by atoms with Crippen LogP contribution in [0.15, 0.2) is 24.4 Å². The van der Waals surface area contributed by atoms with Crippen molar-refractivity contribution >= 4 is 16.9 Å².